The second kappa shape index (κ2) is 6.47. The van der Waals surface area contributed by atoms with Crippen LogP contribution in [0.15, 0.2) is 48.7 Å². The molecule has 1 saturated heterocycles. The first-order chi connectivity index (χ1) is 13.9. The van der Waals surface area contributed by atoms with Crippen molar-refractivity contribution in [2.75, 3.05) is 36.5 Å². The zero-order valence-electron chi connectivity index (χ0n) is 15.8. The molecule has 2 atom stereocenters. The van der Waals surface area contributed by atoms with E-state index >= 15 is 0 Å². The van der Waals surface area contributed by atoms with Crippen LogP contribution in [0.4, 0.5) is 17.1 Å². The molecule has 142 valence electrons. The van der Waals surface area contributed by atoms with Gasteiger partial charge in [0.05, 0.1) is 30.6 Å². The van der Waals surface area contributed by atoms with E-state index in [0.29, 0.717) is 18.6 Å². The Morgan fingerprint density at radius 3 is 3.11 bits per heavy atom. The molecule has 1 fully saturated rings. The Hall–Kier alpha value is -2.63. The molecule has 5 nitrogen and oxygen atoms in total. The van der Waals surface area contributed by atoms with E-state index in [4.69, 9.17) is 4.74 Å². The van der Waals surface area contributed by atoms with Crippen LogP contribution in [0.25, 0.3) is 10.9 Å². The number of nitrogens with one attached hydrogen (secondary N) is 2. The molecule has 0 amide bonds. The lowest BCUT2D eigenvalue weighted by molar-refractivity contribution is 0.130. The average molecular weight is 372 g/mol. The first-order valence-electron chi connectivity index (χ1n) is 10.2. The highest BCUT2D eigenvalue weighted by atomic mass is 16.5. The molecule has 2 N–H and O–H groups in total. The summed E-state index contributed by atoms with van der Waals surface area (Å²) in [6.07, 6.45) is 3.12. The van der Waals surface area contributed by atoms with E-state index in [-0.39, 0.29) is 0 Å². The molecule has 3 aliphatic heterocycles. The van der Waals surface area contributed by atoms with Gasteiger partial charge < -0.3 is 20.3 Å². The Morgan fingerprint density at radius 1 is 1.14 bits per heavy atom. The molecule has 1 aromatic heterocycles. The van der Waals surface area contributed by atoms with Gasteiger partial charge in [-0.3, -0.25) is 4.98 Å². The van der Waals surface area contributed by atoms with E-state index in [2.05, 4.69) is 50.8 Å². The van der Waals surface area contributed by atoms with Crippen LogP contribution in [0, 0.1) is 0 Å². The number of benzene rings is 2. The zero-order valence-corrected chi connectivity index (χ0v) is 15.8. The van der Waals surface area contributed by atoms with E-state index in [1.165, 1.54) is 23.2 Å². The molecule has 0 saturated carbocycles. The van der Waals surface area contributed by atoms with Crippen LogP contribution in [-0.2, 0) is 11.3 Å². The molecule has 2 aromatic carbocycles. The minimum atomic E-state index is 0.567. The summed E-state index contributed by atoms with van der Waals surface area (Å²) in [5.41, 5.74) is 7.38. The molecule has 28 heavy (non-hydrogen) atoms. The SMILES string of the molecule is c1ccc2ncc(Nc3cc4c5c(c3)[C@@H]3CNCC[C@@H]3N5CCOC4)cc2c1. The number of piperidine rings is 1. The molecule has 0 spiro atoms. The molecule has 0 unspecified atom stereocenters. The second-order valence-corrected chi connectivity index (χ2v) is 8.03. The maximum Gasteiger partial charge on any atom is 0.0738 e. The van der Waals surface area contributed by atoms with Crippen molar-refractivity contribution in [1.82, 2.24) is 10.3 Å². The largest absolute Gasteiger partial charge is 0.375 e. The standard InChI is InChI=1S/C23H24N4O/c1-2-4-21-15(3-1)9-18(12-25-21)26-17-10-16-14-28-8-7-27-22-5-6-24-13-20(22)19(11-17)23(16)27/h1-4,9-12,20,22,24,26H,5-8,13-14H2/t20-,22-/m0/s1. The summed E-state index contributed by atoms with van der Waals surface area (Å²) in [4.78, 5) is 7.21. The van der Waals surface area contributed by atoms with E-state index in [0.717, 1.165) is 48.5 Å². The number of ether oxygens (including phenoxy) is 1. The first kappa shape index (κ1) is 16.3. The van der Waals surface area contributed by atoms with Gasteiger partial charge in [-0.15, -0.1) is 0 Å². The van der Waals surface area contributed by atoms with Gasteiger partial charge in [-0.05, 0) is 42.8 Å². The van der Waals surface area contributed by atoms with Gasteiger partial charge >= 0.3 is 0 Å². The van der Waals surface area contributed by atoms with Crippen molar-refractivity contribution >= 4 is 28.0 Å². The third-order valence-corrected chi connectivity index (χ3v) is 6.36. The fourth-order valence-electron chi connectivity index (χ4n) is 5.16. The predicted octanol–water partition coefficient (Wildman–Crippen LogP) is 3.77. The molecule has 3 aromatic rings. The topological polar surface area (TPSA) is 49.4 Å². The van der Waals surface area contributed by atoms with Crippen molar-refractivity contribution < 1.29 is 4.74 Å². The van der Waals surface area contributed by atoms with Crippen molar-refractivity contribution in [1.29, 1.82) is 0 Å². The summed E-state index contributed by atoms with van der Waals surface area (Å²) in [5, 5.41) is 8.35. The number of pyridine rings is 1. The van der Waals surface area contributed by atoms with Gasteiger partial charge in [0.15, 0.2) is 0 Å². The highest BCUT2D eigenvalue weighted by Crippen LogP contribution is 2.47. The van der Waals surface area contributed by atoms with E-state index in [1.807, 2.05) is 18.3 Å². The van der Waals surface area contributed by atoms with Crippen LogP contribution < -0.4 is 15.5 Å². The van der Waals surface area contributed by atoms with Gasteiger partial charge in [-0.25, -0.2) is 0 Å². The summed E-state index contributed by atoms with van der Waals surface area (Å²) in [6.45, 7) is 4.67. The maximum absolute atomic E-state index is 5.93. The molecule has 6 rings (SSSR count). The van der Waals surface area contributed by atoms with Crippen molar-refractivity contribution in [3.63, 3.8) is 0 Å². The predicted molar refractivity (Wildman–Crippen MR) is 112 cm³/mol. The Labute approximate surface area is 164 Å². The quantitative estimate of drug-likeness (QED) is 0.717. The highest BCUT2D eigenvalue weighted by molar-refractivity contribution is 5.83. The third kappa shape index (κ3) is 2.58. The summed E-state index contributed by atoms with van der Waals surface area (Å²) in [6, 6.07) is 15.6. The Morgan fingerprint density at radius 2 is 2.11 bits per heavy atom. The minimum absolute atomic E-state index is 0.567. The van der Waals surface area contributed by atoms with Crippen LogP contribution in [0.3, 0.4) is 0 Å². The summed E-state index contributed by atoms with van der Waals surface area (Å²) >= 11 is 0. The van der Waals surface area contributed by atoms with Gasteiger partial charge in [-0.2, -0.15) is 0 Å². The van der Waals surface area contributed by atoms with Gasteiger partial charge in [0.2, 0.25) is 0 Å². The van der Waals surface area contributed by atoms with Crippen LogP contribution in [-0.4, -0.2) is 37.3 Å². The van der Waals surface area contributed by atoms with E-state index in [9.17, 15) is 0 Å². The number of anilines is 3. The summed E-state index contributed by atoms with van der Waals surface area (Å²) < 4.78 is 5.93. The number of rotatable bonds is 2. The van der Waals surface area contributed by atoms with Gasteiger partial charge in [-0.1, -0.05) is 18.2 Å². The van der Waals surface area contributed by atoms with Crippen molar-refractivity contribution in [2.45, 2.75) is 25.0 Å². The van der Waals surface area contributed by atoms with E-state index in [1.54, 1.807) is 0 Å². The van der Waals surface area contributed by atoms with Crippen LogP contribution in [0.1, 0.15) is 23.5 Å². The molecule has 0 aliphatic carbocycles. The molecule has 0 bridgehead atoms. The maximum atomic E-state index is 5.93. The first-order valence-corrected chi connectivity index (χ1v) is 10.2. The van der Waals surface area contributed by atoms with Crippen molar-refractivity contribution in [3.8, 4) is 0 Å². The van der Waals surface area contributed by atoms with Gasteiger partial charge in [0, 0.05) is 47.4 Å². The Bertz CT molecular complexity index is 1050. The zero-order chi connectivity index (χ0) is 18.5. The number of hydrogen-bond donors (Lipinski definition) is 2. The molecular formula is C23H24N4O. The Balaban J connectivity index is 1.41. The van der Waals surface area contributed by atoms with Gasteiger partial charge in [0.1, 0.15) is 0 Å². The third-order valence-electron chi connectivity index (χ3n) is 6.36. The smallest absolute Gasteiger partial charge is 0.0738 e. The number of para-hydroxylation sites is 1. The lowest BCUT2D eigenvalue weighted by Crippen LogP contribution is -2.44. The van der Waals surface area contributed by atoms with Crippen LogP contribution >= 0.6 is 0 Å². The second-order valence-electron chi connectivity index (χ2n) is 8.03. The van der Waals surface area contributed by atoms with Crippen LogP contribution in [0.5, 0.6) is 0 Å². The van der Waals surface area contributed by atoms with Crippen LogP contribution in [0.2, 0.25) is 0 Å². The van der Waals surface area contributed by atoms with Gasteiger partial charge in [0.25, 0.3) is 0 Å². The summed E-state index contributed by atoms with van der Waals surface area (Å²) in [5.74, 6) is 0.567. The Kier molecular flexibility index (Phi) is 3.77. The molecular weight excluding hydrogens is 348 g/mol. The number of fused-ring (bicyclic) bond motifs is 4. The van der Waals surface area contributed by atoms with Crippen molar-refractivity contribution in [3.05, 3.63) is 59.8 Å². The molecule has 4 heterocycles. The average Bonchev–Trinajstić information content (AvgIpc) is 2.89. The lowest BCUT2D eigenvalue weighted by atomic mass is 9.89. The fourth-order valence-corrected chi connectivity index (χ4v) is 5.16. The highest BCUT2D eigenvalue weighted by Gasteiger charge is 2.41. The van der Waals surface area contributed by atoms with E-state index < -0.39 is 0 Å². The van der Waals surface area contributed by atoms with Crippen molar-refractivity contribution in [2.24, 2.45) is 0 Å². The number of nitrogens with zero attached hydrogens (tertiary/aromatic N) is 2. The minimum Gasteiger partial charge on any atom is -0.375 e. The lowest BCUT2D eigenvalue weighted by Gasteiger charge is -2.33. The number of hydrogen-bond acceptors (Lipinski definition) is 5. The monoisotopic (exact) mass is 372 g/mol. The molecule has 5 heteroatoms. The molecule has 3 aliphatic rings. The summed E-state index contributed by atoms with van der Waals surface area (Å²) in [7, 11) is 0. The number of aromatic nitrogens is 1. The normalized spacial score (nSPS) is 23.2. The molecule has 0 radical (unpaired) electrons. The fraction of sp³-hybridized carbons (Fsp3) is 0.348.